The van der Waals surface area contributed by atoms with Crippen LogP contribution >= 0.6 is 0 Å². The number of ether oxygens (including phenoxy) is 4. The Hall–Kier alpha value is -4.63. The van der Waals surface area contributed by atoms with Crippen LogP contribution in [0.3, 0.4) is 0 Å². The predicted molar refractivity (Wildman–Crippen MR) is 375 cm³/mol. The zero-order valence-electron chi connectivity index (χ0n) is 54.8. The van der Waals surface area contributed by atoms with E-state index in [1.165, 1.54) is 117 Å². The molecular weight excluding hydrogens is 1080 g/mol. The van der Waals surface area contributed by atoms with Gasteiger partial charge in [0.05, 0.1) is 0 Å². The summed E-state index contributed by atoms with van der Waals surface area (Å²) < 4.78 is 19.8. The van der Waals surface area contributed by atoms with Gasteiger partial charge in [-0.05, 0) is 117 Å². The maximum atomic E-state index is 5.12. The second-order valence-corrected chi connectivity index (χ2v) is 27.5. The number of fused-ring (bicyclic) bond motifs is 4. The van der Waals surface area contributed by atoms with Gasteiger partial charge in [0.2, 0.25) is 0 Å². The van der Waals surface area contributed by atoms with E-state index in [9.17, 15) is 0 Å². The van der Waals surface area contributed by atoms with Gasteiger partial charge in [-0.2, -0.15) is 0 Å². The Morgan fingerprint density at radius 3 is 0.581 bits per heavy atom. The van der Waals surface area contributed by atoms with Gasteiger partial charge in [-0.15, -0.1) is 48.9 Å². The fraction of sp³-hybridized carbons (Fsp3) is 0.474. The minimum Gasteiger partial charge on any atom is -0.683 e. The number of nitrogens with zero attached hydrogens (tertiary/aromatic N) is 4. The van der Waals surface area contributed by atoms with Crippen molar-refractivity contribution in [3.05, 3.63) is 167 Å². The van der Waals surface area contributed by atoms with Crippen molar-refractivity contribution in [2.45, 2.75) is 134 Å². The van der Waals surface area contributed by atoms with Crippen LogP contribution in [0.25, 0.3) is 86.6 Å². The van der Waals surface area contributed by atoms with Crippen molar-refractivity contribution in [3.8, 4) is 22.3 Å². The molecule has 0 aromatic heterocycles. The largest absolute Gasteiger partial charge is 2.00 e. The van der Waals surface area contributed by atoms with Crippen LogP contribution in [0.1, 0.15) is 134 Å². The minimum absolute atomic E-state index is 0. The van der Waals surface area contributed by atoms with Crippen LogP contribution in [0.4, 0.5) is 22.7 Å². The van der Waals surface area contributed by atoms with Crippen LogP contribution in [0, 0.1) is 21.7 Å². The first-order valence-electron chi connectivity index (χ1n) is 31.3. The van der Waals surface area contributed by atoms with Crippen LogP contribution in [0.5, 0.6) is 0 Å². The quantitative estimate of drug-likeness (QED) is 0.128. The third-order valence-corrected chi connectivity index (χ3v) is 14.3. The number of benzene rings is 8. The summed E-state index contributed by atoms with van der Waals surface area (Å²) in [6, 6.07) is 52.0. The number of hydrogen-bond acceptors (Lipinski definition) is 4. The monoisotopic (exact) mass is 1180 g/mol. The van der Waals surface area contributed by atoms with Gasteiger partial charge in [-0.1, -0.05) is 250 Å². The van der Waals surface area contributed by atoms with Gasteiger partial charge < -0.3 is 40.2 Å². The average Bonchev–Trinajstić information content (AvgIpc) is 0.937. The van der Waals surface area contributed by atoms with E-state index in [0.717, 1.165) is 102 Å². The molecule has 0 N–H and O–H groups in total. The number of hydrogen-bond donors (Lipinski definition) is 0. The summed E-state index contributed by atoms with van der Waals surface area (Å²) >= 11 is 0. The van der Waals surface area contributed by atoms with Gasteiger partial charge in [0, 0.05) is 52.9 Å². The first kappa shape index (κ1) is 72.1. The van der Waals surface area contributed by atoms with Crippen molar-refractivity contribution in [2.75, 3.05) is 79.0 Å². The summed E-state index contributed by atoms with van der Waals surface area (Å²) in [5.74, 6) is 0. The van der Waals surface area contributed by atoms with E-state index < -0.39 is 0 Å². The molecule has 4 saturated heterocycles. The summed E-state index contributed by atoms with van der Waals surface area (Å²) in [5, 5.41) is 30.3. The topological polar surface area (TPSA) is 93.3 Å². The molecule has 0 amide bonds. The molecule has 0 saturated carbocycles. The third kappa shape index (κ3) is 23.7. The first-order chi connectivity index (χ1) is 40.2. The van der Waals surface area contributed by atoms with E-state index >= 15 is 0 Å². The van der Waals surface area contributed by atoms with E-state index in [-0.39, 0.29) is 67.8 Å². The maximum Gasteiger partial charge on any atom is 2.00 e. The van der Waals surface area contributed by atoms with Gasteiger partial charge >= 0.3 is 46.1 Å². The Labute approximate surface area is 551 Å². The van der Waals surface area contributed by atoms with E-state index in [0.29, 0.717) is 0 Å². The van der Waals surface area contributed by atoms with Gasteiger partial charge in [-0.3, -0.25) is 0 Å². The van der Waals surface area contributed by atoms with Crippen LogP contribution in [-0.2, 0) is 18.9 Å². The molecule has 0 radical (unpaired) electrons. The summed E-state index contributed by atoms with van der Waals surface area (Å²) in [5.41, 5.74) is 9.45. The molecule has 86 heavy (non-hydrogen) atoms. The molecule has 452 valence electrons. The second kappa shape index (κ2) is 35.5. The molecule has 0 bridgehead atoms. The Morgan fingerprint density at radius 2 is 0.430 bits per heavy atom. The fourth-order valence-electron chi connectivity index (χ4n) is 9.95. The molecule has 4 aliphatic heterocycles. The Kier molecular flexibility index (Phi) is 29.8. The van der Waals surface area contributed by atoms with Crippen molar-refractivity contribution < 1.29 is 18.9 Å². The van der Waals surface area contributed by atoms with Crippen molar-refractivity contribution in [3.63, 3.8) is 0 Å². The van der Waals surface area contributed by atoms with E-state index in [1.54, 1.807) is 0 Å². The molecule has 8 aromatic carbocycles. The summed E-state index contributed by atoms with van der Waals surface area (Å²) in [6.45, 7) is 37.9. The summed E-state index contributed by atoms with van der Waals surface area (Å²) in [7, 11) is 0. The molecule has 10 heteroatoms. The molecule has 4 aliphatic rings. The smallest absolute Gasteiger partial charge is 0.683 e. The predicted octanol–water partition coefficient (Wildman–Crippen LogP) is 22.0. The Morgan fingerprint density at radius 1 is 0.256 bits per heavy atom. The fourth-order valence-corrected chi connectivity index (χ4v) is 9.95. The van der Waals surface area contributed by atoms with Crippen molar-refractivity contribution in [2.24, 2.45) is 21.7 Å². The zero-order chi connectivity index (χ0) is 60.0. The molecule has 0 atom stereocenters. The molecular formula is C76H100Mg2N4O4. The number of rotatable bonds is 10. The first-order valence-corrected chi connectivity index (χ1v) is 31.3. The molecule has 0 aliphatic carbocycles. The third-order valence-electron chi connectivity index (χ3n) is 14.3. The molecule has 0 spiro atoms. The SMILES string of the molecule is C1CCOC1.C1CCOC1.C1CCOC1.C1CCOC1.CC(C)(C)C[N-]c1ccc2ccccc2c1-c1c([N-]CC(C)(C)C)ccc2ccccc12.CC(C)(C)C[N-]c1ccc2ccccc2c1-c1c([N-]CC(C)(C)C)ccc2ccccc12.[Mg+2].[Mg+2]. The standard InChI is InChI=1S/2C30H34N2.4C4H8O.2Mg/c2*1-29(2,3)19-31-25-17-15-21-11-7-9-13-23(21)27(25)28-24-14-10-8-12-22(24)16-18-26(28)32-20-30(4,5)6;4*1-2-4-5-3-1;;/h2*7-18H,19-20H2,1-6H3;4*1-4H2;;/q2*-2;;;;;2*+2. The van der Waals surface area contributed by atoms with Gasteiger partial charge in [0.1, 0.15) is 0 Å². The van der Waals surface area contributed by atoms with Crippen molar-refractivity contribution in [1.29, 1.82) is 0 Å². The van der Waals surface area contributed by atoms with E-state index in [1.807, 2.05) is 0 Å². The Bertz CT molecular complexity index is 2800. The molecule has 0 unspecified atom stereocenters. The van der Waals surface area contributed by atoms with Crippen LogP contribution in [0.15, 0.2) is 146 Å². The Balaban J connectivity index is 0.000000231. The molecule has 4 fully saturated rings. The minimum atomic E-state index is 0. The molecule has 8 aromatic rings. The summed E-state index contributed by atoms with van der Waals surface area (Å²) in [6.07, 6.45) is 10.2. The van der Waals surface area contributed by atoms with Crippen LogP contribution < -0.4 is 0 Å². The van der Waals surface area contributed by atoms with Gasteiger partial charge in [0.25, 0.3) is 0 Å². The molecule has 4 heterocycles. The molecule has 8 nitrogen and oxygen atoms in total. The molecule has 12 rings (SSSR count). The van der Waals surface area contributed by atoms with E-state index in [2.05, 4.69) is 229 Å². The van der Waals surface area contributed by atoms with Crippen LogP contribution in [0.2, 0.25) is 0 Å². The average molecular weight is 1180 g/mol. The zero-order valence-corrected chi connectivity index (χ0v) is 57.7. The van der Waals surface area contributed by atoms with Crippen molar-refractivity contribution in [1.82, 2.24) is 0 Å². The van der Waals surface area contributed by atoms with Gasteiger partial charge in [-0.25, -0.2) is 0 Å². The van der Waals surface area contributed by atoms with Crippen molar-refractivity contribution >= 4 is 112 Å². The summed E-state index contributed by atoms with van der Waals surface area (Å²) in [4.78, 5) is 0. The van der Waals surface area contributed by atoms with Gasteiger partial charge in [0.15, 0.2) is 0 Å². The second-order valence-electron chi connectivity index (χ2n) is 27.5. The van der Waals surface area contributed by atoms with Crippen LogP contribution in [-0.4, -0.2) is 125 Å². The van der Waals surface area contributed by atoms with E-state index in [4.69, 9.17) is 40.2 Å². The maximum absolute atomic E-state index is 5.12. The normalized spacial score (nSPS) is 14.7.